The van der Waals surface area contributed by atoms with Crippen LogP contribution in [0.15, 0.2) is 45.6 Å². The fourth-order valence-electron chi connectivity index (χ4n) is 3.13. The molecule has 0 spiro atoms. The minimum atomic E-state index is -0.256. The number of amides is 1. The Hall–Kier alpha value is -2.34. The smallest absolute Gasteiger partial charge is 0.291 e. The zero-order valence-electron chi connectivity index (χ0n) is 13.9. The number of hydrogen-bond donors (Lipinski definition) is 1. The second-order valence-corrected chi connectivity index (χ2v) is 7.07. The third-order valence-corrected chi connectivity index (χ3v) is 4.83. The van der Waals surface area contributed by atoms with Gasteiger partial charge in [0, 0.05) is 36.0 Å². The van der Waals surface area contributed by atoms with E-state index in [2.05, 4.69) is 32.0 Å². The lowest BCUT2D eigenvalue weighted by Gasteiger charge is -2.11. The highest BCUT2D eigenvalue weighted by Crippen LogP contribution is 2.25. The van der Waals surface area contributed by atoms with Gasteiger partial charge in [0.25, 0.3) is 5.91 Å². The summed E-state index contributed by atoms with van der Waals surface area (Å²) in [4.78, 5) is 17.0. The van der Waals surface area contributed by atoms with Gasteiger partial charge in [-0.25, -0.2) is 4.98 Å². The lowest BCUT2D eigenvalue weighted by Crippen LogP contribution is -2.11. The van der Waals surface area contributed by atoms with Crippen LogP contribution in [-0.2, 0) is 13.0 Å². The molecule has 1 aliphatic rings. The summed E-state index contributed by atoms with van der Waals surface area (Å²) in [6.07, 6.45) is 5.60. The zero-order valence-corrected chi connectivity index (χ0v) is 15.5. The number of imidazole rings is 1. The van der Waals surface area contributed by atoms with Gasteiger partial charge in [-0.05, 0) is 53.9 Å². The average molecular weight is 400 g/mol. The van der Waals surface area contributed by atoms with Crippen molar-refractivity contribution >= 4 is 27.5 Å². The molecule has 6 heteroatoms. The summed E-state index contributed by atoms with van der Waals surface area (Å²) in [5.74, 6) is 1.23. The first kappa shape index (κ1) is 16.1. The first-order valence-corrected chi connectivity index (χ1v) is 9.13. The predicted molar refractivity (Wildman–Crippen MR) is 99.7 cm³/mol. The van der Waals surface area contributed by atoms with Crippen molar-refractivity contribution in [3.8, 4) is 11.3 Å². The Morgan fingerprint density at radius 3 is 2.76 bits per heavy atom. The number of halogens is 1. The van der Waals surface area contributed by atoms with Gasteiger partial charge in [-0.1, -0.05) is 12.1 Å². The van der Waals surface area contributed by atoms with Gasteiger partial charge in [-0.15, -0.1) is 0 Å². The Morgan fingerprint density at radius 1 is 1.28 bits per heavy atom. The second kappa shape index (κ2) is 6.52. The van der Waals surface area contributed by atoms with Crippen molar-refractivity contribution in [1.82, 2.24) is 9.55 Å². The molecule has 0 fully saturated rings. The third-order valence-electron chi connectivity index (χ3n) is 4.44. The molecule has 0 aliphatic carbocycles. The molecule has 3 aromatic rings. The number of furan rings is 1. The minimum absolute atomic E-state index is 0.256. The first-order chi connectivity index (χ1) is 12.1. The van der Waals surface area contributed by atoms with Crippen molar-refractivity contribution in [2.45, 2.75) is 32.7 Å². The summed E-state index contributed by atoms with van der Waals surface area (Å²) in [5.41, 5.74) is 3.56. The molecule has 1 amide bonds. The van der Waals surface area contributed by atoms with Gasteiger partial charge >= 0.3 is 0 Å². The molecule has 3 heterocycles. The number of aryl methyl sites for hydroxylation is 3. The molecule has 128 valence electrons. The molecule has 2 aromatic heterocycles. The van der Waals surface area contributed by atoms with Crippen LogP contribution >= 0.6 is 15.9 Å². The molecule has 1 aromatic carbocycles. The number of nitrogens with one attached hydrogen (secondary N) is 1. The van der Waals surface area contributed by atoms with Crippen molar-refractivity contribution in [2.75, 3.05) is 5.32 Å². The molecule has 0 saturated heterocycles. The summed E-state index contributed by atoms with van der Waals surface area (Å²) in [7, 11) is 0. The molecule has 0 atom stereocenters. The number of fused-ring (bicyclic) bond motifs is 1. The molecule has 0 saturated carbocycles. The van der Waals surface area contributed by atoms with E-state index >= 15 is 0 Å². The molecular weight excluding hydrogens is 382 g/mol. The summed E-state index contributed by atoms with van der Waals surface area (Å²) >= 11 is 3.24. The Bertz CT molecular complexity index is 901. The van der Waals surface area contributed by atoms with Crippen LogP contribution in [0, 0.1) is 6.92 Å². The van der Waals surface area contributed by atoms with Crippen molar-refractivity contribution < 1.29 is 9.21 Å². The van der Waals surface area contributed by atoms with E-state index in [1.54, 1.807) is 6.07 Å². The van der Waals surface area contributed by atoms with Gasteiger partial charge in [-0.3, -0.25) is 4.79 Å². The number of nitrogens with zero attached hydrogens (tertiary/aromatic N) is 2. The lowest BCUT2D eigenvalue weighted by molar-refractivity contribution is 0.0994. The number of hydrogen-bond acceptors (Lipinski definition) is 3. The van der Waals surface area contributed by atoms with Gasteiger partial charge in [0.05, 0.1) is 5.69 Å². The van der Waals surface area contributed by atoms with E-state index in [-0.39, 0.29) is 5.91 Å². The molecule has 1 aliphatic heterocycles. The summed E-state index contributed by atoms with van der Waals surface area (Å²) < 4.78 is 8.17. The van der Waals surface area contributed by atoms with E-state index in [1.807, 2.05) is 31.2 Å². The monoisotopic (exact) mass is 399 g/mol. The van der Waals surface area contributed by atoms with Crippen LogP contribution in [-0.4, -0.2) is 15.5 Å². The van der Waals surface area contributed by atoms with E-state index in [4.69, 9.17) is 9.40 Å². The molecule has 0 radical (unpaired) electrons. The maximum absolute atomic E-state index is 12.3. The summed E-state index contributed by atoms with van der Waals surface area (Å²) in [6.45, 7) is 2.89. The SMILES string of the molecule is Cc1cc(Br)oc1C(=O)Nc1ccc(-c2cn3c(n2)CCCC3)cc1. The van der Waals surface area contributed by atoms with Crippen LogP contribution < -0.4 is 5.32 Å². The molecule has 25 heavy (non-hydrogen) atoms. The minimum Gasteiger partial charge on any atom is -0.444 e. The van der Waals surface area contributed by atoms with E-state index in [9.17, 15) is 4.79 Å². The largest absolute Gasteiger partial charge is 0.444 e. The Kier molecular flexibility index (Phi) is 4.21. The predicted octanol–water partition coefficient (Wildman–Crippen LogP) is 4.80. The van der Waals surface area contributed by atoms with Crippen LogP contribution in [0.2, 0.25) is 0 Å². The van der Waals surface area contributed by atoms with E-state index in [0.717, 1.165) is 41.3 Å². The number of benzene rings is 1. The molecule has 4 rings (SSSR count). The summed E-state index contributed by atoms with van der Waals surface area (Å²) in [6, 6.07) is 9.51. The lowest BCUT2D eigenvalue weighted by atomic mass is 10.1. The van der Waals surface area contributed by atoms with Crippen molar-refractivity contribution in [2.24, 2.45) is 0 Å². The first-order valence-electron chi connectivity index (χ1n) is 8.34. The maximum atomic E-state index is 12.3. The van der Waals surface area contributed by atoms with Crippen molar-refractivity contribution in [3.05, 3.63) is 58.3 Å². The number of rotatable bonds is 3. The third kappa shape index (κ3) is 3.26. The van der Waals surface area contributed by atoms with Crippen LogP contribution in [0.5, 0.6) is 0 Å². The van der Waals surface area contributed by atoms with E-state index in [1.165, 1.54) is 12.8 Å². The molecule has 1 N–H and O–H groups in total. The number of anilines is 1. The van der Waals surface area contributed by atoms with Crippen LogP contribution in [0.4, 0.5) is 5.69 Å². The highest BCUT2D eigenvalue weighted by molar-refractivity contribution is 9.10. The topological polar surface area (TPSA) is 60.1 Å². The van der Waals surface area contributed by atoms with Gasteiger partial charge in [0.15, 0.2) is 10.4 Å². The van der Waals surface area contributed by atoms with Crippen molar-refractivity contribution in [3.63, 3.8) is 0 Å². The number of aromatic nitrogens is 2. The number of carbonyl (C=O) groups is 1. The number of carbonyl (C=O) groups excluding carboxylic acids is 1. The molecular formula is C19H18BrN3O2. The zero-order chi connectivity index (χ0) is 17.4. The maximum Gasteiger partial charge on any atom is 0.291 e. The van der Waals surface area contributed by atoms with Gasteiger partial charge in [0.2, 0.25) is 0 Å². The van der Waals surface area contributed by atoms with Crippen LogP contribution in [0.25, 0.3) is 11.3 Å². The van der Waals surface area contributed by atoms with E-state index < -0.39 is 0 Å². The fraction of sp³-hybridized carbons (Fsp3) is 0.263. The van der Waals surface area contributed by atoms with E-state index in [0.29, 0.717) is 10.4 Å². The molecule has 0 bridgehead atoms. The van der Waals surface area contributed by atoms with Gasteiger partial charge in [0.1, 0.15) is 5.82 Å². The molecule has 0 unspecified atom stereocenters. The highest BCUT2D eigenvalue weighted by atomic mass is 79.9. The van der Waals surface area contributed by atoms with Gasteiger partial charge < -0.3 is 14.3 Å². The average Bonchev–Trinajstić information content (AvgIpc) is 3.18. The highest BCUT2D eigenvalue weighted by Gasteiger charge is 2.16. The Labute approximate surface area is 154 Å². The Balaban J connectivity index is 1.51. The van der Waals surface area contributed by atoms with Gasteiger partial charge in [-0.2, -0.15) is 0 Å². The summed E-state index contributed by atoms with van der Waals surface area (Å²) in [5, 5.41) is 2.86. The quantitative estimate of drug-likeness (QED) is 0.687. The van der Waals surface area contributed by atoms with Crippen LogP contribution in [0.3, 0.4) is 0 Å². The van der Waals surface area contributed by atoms with Crippen LogP contribution in [0.1, 0.15) is 34.8 Å². The van der Waals surface area contributed by atoms with Crippen molar-refractivity contribution in [1.29, 1.82) is 0 Å². The fourth-order valence-corrected chi connectivity index (χ4v) is 3.64. The molecule has 5 nitrogen and oxygen atoms in total. The standard InChI is InChI=1S/C19H18BrN3O2/c1-12-10-16(20)25-18(12)19(24)21-14-7-5-13(6-8-14)15-11-23-9-3-2-4-17(23)22-15/h5-8,10-11H,2-4,9H2,1H3,(H,21,24). The normalized spacial score (nSPS) is 13.5. The Morgan fingerprint density at radius 2 is 2.08 bits per heavy atom. The second-order valence-electron chi connectivity index (χ2n) is 6.29.